The van der Waals surface area contributed by atoms with Crippen molar-refractivity contribution >= 4 is 27.5 Å². The summed E-state index contributed by atoms with van der Waals surface area (Å²) in [6, 6.07) is 17.0. The molecular formula is C23H29ClN2O4S. The lowest BCUT2D eigenvalue weighted by Gasteiger charge is -2.31. The fraction of sp³-hybridized carbons (Fsp3) is 0.435. The molecule has 0 saturated carbocycles. The van der Waals surface area contributed by atoms with Crippen molar-refractivity contribution in [2.24, 2.45) is 5.92 Å². The second-order valence-corrected chi connectivity index (χ2v) is 10.2. The Morgan fingerprint density at radius 3 is 2.65 bits per heavy atom. The Kier molecular flexibility index (Phi) is 8.75. The maximum absolute atomic E-state index is 12.8. The Labute approximate surface area is 189 Å². The van der Waals surface area contributed by atoms with Crippen LogP contribution in [-0.4, -0.2) is 50.6 Å². The molecule has 1 atom stereocenters. The molecular weight excluding hydrogens is 436 g/mol. The minimum atomic E-state index is -3.37. The molecule has 8 heteroatoms. The second kappa shape index (κ2) is 11.5. The molecule has 1 aliphatic heterocycles. The number of para-hydroxylation sites is 1. The molecule has 0 spiro atoms. The van der Waals surface area contributed by atoms with E-state index in [4.69, 9.17) is 16.3 Å². The number of sulfonamides is 1. The lowest BCUT2D eigenvalue weighted by atomic mass is 9.99. The number of amides is 1. The highest BCUT2D eigenvalue weighted by molar-refractivity contribution is 7.89. The fourth-order valence-electron chi connectivity index (χ4n) is 3.68. The van der Waals surface area contributed by atoms with Gasteiger partial charge in [-0.3, -0.25) is 4.79 Å². The zero-order valence-corrected chi connectivity index (χ0v) is 19.1. The number of nitrogens with one attached hydrogen (secondary N) is 1. The summed E-state index contributed by atoms with van der Waals surface area (Å²) in [7, 11) is -3.37. The zero-order valence-electron chi connectivity index (χ0n) is 17.5. The zero-order chi connectivity index (χ0) is 22.1. The molecule has 0 bridgehead atoms. The van der Waals surface area contributed by atoms with Gasteiger partial charge in [0.25, 0.3) is 0 Å². The van der Waals surface area contributed by atoms with Crippen LogP contribution in [0.5, 0.6) is 5.75 Å². The predicted octanol–water partition coefficient (Wildman–Crippen LogP) is 3.51. The van der Waals surface area contributed by atoms with Crippen LogP contribution >= 0.6 is 11.6 Å². The highest BCUT2D eigenvalue weighted by Crippen LogP contribution is 2.23. The highest BCUT2D eigenvalue weighted by Gasteiger charge is 2.31. The van der Waals surface area contributed by atoms with Crippen LogP contribution in [0.25, 0.3) is 0 Å². The molecule has 0 unspecified atom stereocenters. The van der Waals surface area contributed by atoms with Gasteiger partial charge in [0.05, 0.1) is 23.2 Å². The molecule has 1 fully saturated rings. The van der Waals surface area contributed by atoms with Gasteiger partial charge in [-0.05, 0) is 43.4 Å². The van der Waals surface area contributed by atoms with E-state index in [1.165, 1.54) is 4.31 Å². The molecule has 0 radical (unpaired) electrons. The number of hydrogen-bond donors (Lipinski definition) is 1. The van der Waals surface area contributed by atoms with Gasteiger partial charge in [0.1, 0.15) is 12.4 Å². The van der Waals surface area contributed by atoms with Crippen LogP contribution in [0.3, 0.4) is 0 Å². The monoisotopic (exact) mass is 464 g/mol. The largest absolute Gasteiger partial charge is 0.490 e. The molecule has 1 aliphatic rings. The third-order valence-electron chi connectivity index (χ3n) is 5.35. The van der Waals surface area contributed by atoms with Crippen molar-refractivity contribution in [2.75, 3.05) is 32.0 Å². The maximum Gasteiger partial charge on any atom is 0.224 e. The number of carbonyl (C=O) groups excluding carboxylic acids is 1. The van der Waals surface area contributed by atoms with E-state index in [0.717, 1.165) is 12.0 Å². The van der Waals surface area contributed by atoms with Crippen molar-refractivity contribution in [1.82, 2.24) is 9.62 Å². The Morgan fingerprint density at radius 1 is 1.13 bits per heavy atom. The van der Waals surface area contributed by atoms with Crippen molar-refractivity contribution in [3.05, 3.63) is 65.2 Å². The number of nitrogens with zero attached hydrogens (tertiary/aromatic N) is 1. The second-order valence-electron chi connectivity index (χ2n) is 7.67. The van der Waals surface area contributed by atoms with Crippen LogP contribution in [-0.2, 0) is 21.2 Å². The Bertz CT molecular complexity index is 953. The number of carbonyl (C=O) groups is 1. The summed E-state index contributed by atoms with van der Waals surface area (Å²) in [5.74, 6) is 0.204. The number of hydrogen-bond acceptors (Lipinski definition) is 4. The smallest absolute Gasteiger partial charge is 0.224 e. The van der Waals surface area contributed by atoms with Crippen molar-refractivity contribution in [3.63, 3.8) is 0 Å². The molecule has 31 heavy (non-hydrogen) atoms. The molecule has 3 rings (SSSR count). The van der Waals surface area contributed by atoms with E-state index in [1.807, 2.05) is 42.5 Å². The van der Waals surface area contributed by atoms with E-state index in [-0.39, 0.29) is 24.1 Å². The van der Waals surface area contributed by atoms with Gasteiger partial charge in [0.2, 0.25) is 15.9 Å². The lowest BCUT2D eigenvalue weighted by Crippen LogP contribution is -2.46. The van der Waals surface area contributed by atoms with Crippen molar-refractivity contribution < 1.29 is 17.9 Å². The van der Waals surface area contributed by atoms with Gasteiger partial charge in [0.15, 0.2) is 0 Å². The minimum Gasteiger partial charge on any atom is -0.490 e. The van der Waals surface area contributed by atoms with E-state index < -0.39 is 10.0 Å². The quantitative estimate of drug-likeness (QED) is 0.546. The lowest BCUT2D eigenvalue weighted by molar-refractivity contribution is -0.126. The molecule has 0 aromatic heterocycles. The van der Waals surface area contributed by atoms with Gasteiger partial charge >= 0.3 is 0 Å². The normalized spacial score (nSPS) is 17.3. The molecule has 1 N–H and O–H groups in total. The predicted molar refractivity (Wildman–Crippen MR) is 123 cm³/mol. The molecule has 1 heterocycles. The molecule has 1 saturated heterocycles. The molecule has 6 nitrogen and oxygen atoms in total. The first-order valence-corrected chi connectivity index (χ1v) is 12.6. The van der Waals surface area contributed by atoms with Gasteiger partial charge < -0.3 is 10.1 Å². The number of piperidine rings is 1. The van der Waals surface area contributed by atoms with E-state index in [0.29, 0.717) is 49.7 Å². The van der Waals surface area contributed by atoms with Crippen LogP contribution in [0.1, 0.15) is 24.8 Å². The van der Waals surface area contributed by atoms with Gasteiger partial charge in [0, 0.05) is 13.1 Å². The fourth-order valence-corrected chi connectivity index (χ4v) is 5.45. The first-order valence-electron chi connectivity index (χ1n) is 10.6. The van der Waals surface area contributed by atoms with Crippen molar-refractivity contribution in [1.29, 1.82) is 0 Å². The van der Waals surface area contributed by atoms with E-state index in [9.17, 15) is 13.2 Å². The first-order chi connectivity index (χ1) is 15.0. The van der Waals surface area contributed by atoms with E-state index in [1.54, 1.807) is 12.1 Å². The van der Waals surface area contributed by atoms with Gasteiger partial charge in [-0.15, -0.1) is 0 Å². The average Bonchev–Trinajstić information content (AvgIpc) is 2.78. The van der Waals surface area contributed by atoms with Crippen LogP contribution in [0, 0.1) is 5.92 Å². The summed E-state index contributed by atoms with van der Waals surface area (Å²) in [6.45, 7) is 1.35. The summed E-state index contributed by atoms with van der Waals surface area (Å²) in [6.07, 6.45) is 2.67. The Hall–Kier alpha value is -2.09. The molecule has 1 amide bonds. The molecule has 2 aromatic rings. The SMILES string of the molecule is O=C(NCCOc1ccccc1Cl)[C@@H]1CCCN(S(=O)(=O)CCCc2ccccc2)C1. The Balaban J connectivity index is 1.42. The third kappa shape index (κ3) is 7.23. The molecule has 2 aromatic carbocycles. The third-order valence-corrected chi connectivity index (χ3v) is 7.59. The number of halogens is 1. The average molecular weight is 465 g/mol. The summed E-state index contributed by atoms with van der Waals surface area (Å²) in [5, 5.41) is 3.37. The topological polar surface area (TPSA) is 75.7 Å². The van der Waals surface area contributed by atoms with E-state index >= 15 is 0 Å². The summed E-state index contributed by atoms with van der Waals surface area (Å²) >= 11 is 6.04. The van der Waals surface area contributed by atoms with E-state index in [2.05, 4.69) is 5.32 Å². The minimum absolute atomic E-state index is 0.0991. The molecule has 168 valence electrons. The summed E-state index contributed by atoms with van der Waals surface area (Å²) < 4.78 is 32.6. The van der Waals surface area contributed by atoms with Gasteiger partial charge in [-0.25, -0.2) is 12.7 Å². The number of rotatable bonds is 10. The maximum atomic E-state index is 12.8. The Morgan fingerprint density at radius 2 is 1.87 bits per heavy atom. The van der Waals surface area contributed by atoms with Gasteiger partial charge in [-0.1, -0.05) is 54.1 Å². The number of benzene rings is 2. The summed E-state index contributed by atoms with van der Waals surface area (Å²) in [5.41, 5.74) is 1.13. The summed E-state index contributed by atoms with van der Waals surface area (Å²) in [4.78, 5) is 12.5. The molecule has 0 aliphatic carbocycles. The van der Waals surface area contributed by atoms with Crippen LogP contribution < -0.4 is 10.1 Å². The first kappa shape index (κ1) is 23.6. The van der Waals surface area contributed by atoms with Crippen molar-refractivity contribution in [3.8, 4) is 5.75 Å². The number of aryl methyl sites for hydroxylation is 1. The van der Waals surface area contributed by atoms with Crippen LogP contribution in [0.2, 0.25) is 5.02 Å². The highest BCUT2D eigenvalue weighted by atomic mass is 35.5. The van der Waals surface area contributed by atoms with Crippen molar-refractivity contribution in [2.45, 2.75) is 25.7 Å². The van der Waals surface area contributed by atoms with Crippen LogP contribution in [0.4, 0.5) is 0 Å². The van der Waals surface area contributed by atoms with Gasteiger partial charge in [-0.2, -0.15) is 0 Å². The standard InChI is InChI=1S/C23H29ClN2O4S/c24-21-12-4-5-13-22(21)30-16-14-25-23(27)20-11-6-15-26(18-20)31(28,29)17-7-10-19-8-2-1-3-9-19/h1-5,8-9,12-13,20H,6-7,10-11,14-18H2,(H,25,27)/t20-/m1/s1. The number of ether oxygens (including phenoxy) is 1. The van der Waals surface area contributed by atoms with Crippen LogP contribution in [0.15, 0.2) is 54.6 Å².